The van der Waals surface area contributed by atoms with Crippen LogP contribution in [-0.2, 0) is 4.74 Å². The minimum Gasteiger partial charge on any atom is -0.465 e. The third-order valence-corrected chi connectivity index (χ3v) is 1.78. The summed E-state index contributed by atoms with van der Waals surface area (Å²) in [5.74, 6) is -2.04. The van der Waals surface area contributed by atoms with Crippen LogP contribution in [-0.4, -0.2) is 18.9 Å². The Morgan fingerprint density at radius 2 is 1.86 bits per heavy atom. The van der Waals surface area contributed by atoms with Crippen LogP contribution in [0, 0.1) is 5.82 Å². The van der Waals surface area contributed by atoms with E-state index in [9.17, 15) is 14.0 Å². The highest BCUT2D eigenvalue weighted by molar-refractivity contribution is 5.98. The lowest BCUT2D eigenvalue weighted by molar-refractivity contribution is 0.0595. The van der Waals surface area contributed by atoms with Crippen molar-refractivity contribution in [2.45, 2.75) is 6.92 Å². The van der Waals surface area contributed by atoms with Gasteiger partial charge in [-0.2, -0.15) is 0 Å². The molecule has 0 saturated carbocycles. The molecule has 0 aliphatic rings. The quantitative estimate of drug-likeness (QED) is 0.535. The Labute approximate surface area is 80.5 Å². The molecule has 1 rings (SSSR count). The van der Waals surface area contributed by atoms with Crippen molar-refractivity contribution >= 4 is 11.8 Å². The molecule has 0 amide bonds. The Bertz CT molecular complexity index is 385. The number of ether oxygens (including phenoxy) is 1. The van der Waals surface area contributed by atoms with Crippen molar-refractivity contribution in [1.82, 2.24) is 0 Å². The predicted molar refractivity (Wildman–Crippen MR) is 47.7 cm³/mol. The minimum absolute atomic E-state index is 0.104. The average Bonchev–Trinajstić information content (AvgIpc) is 2.16. The summed E-state index contributed by atoms with van der Waals surface area (Å²) in [5.41, 5.74) is -0.326. The first-order valence-corrected chi connectivity index (χ1v) is 3.95. The van der Waals surface area contributed by atoms with Gasteiger partial charge in [0.2, 0.25) is 0 Å². The molecule has 0 N–H and O–H groups in total. The second-order valence-corrected chi connectivity index (χ2v) is 2.71. The van der Waals surface area contributed by atoms with Crippen molar-refractivity contribution in [3.8, 4) is 0 Å². The van der Waals surface area contributed by atoms with E-state index in [1.165, 1.54) is 25.1 Å². The average molecular weight is 196 g/mol. The lowest BCUT2D eigenvalue weighted by Gasteiger charge is -2.03. The third-order valence-electron chi connectivity index (χ3n) is 1.78. The van der Waals surface area contributed by atoms with E-state index < -0.39 is 17.6 Å². The van der Waals surface area contributed by atoms with Gasteiger partial charge in [-0.15, -0.1) is 0 Å². The van der Waals surface area contributed by atoms with E-state index in [1.54, 1.807) is 0 Å². The van der Waals surface area contributed by atoms with Crippen LogP contribution in [0.15, 0.2) is 18.2 Å². The van der Waals surface area contributed by atoms with Gasteiger partial charge < -0.3 is 4.74 Å². The number of halogens is 1. The number of ketones is 1. The van der Waals surface area contributed by atoms with Gasteiger partial charge >= 0.3 is 5.97 Å². The molecule has 0 fully saturated rings. The van der Waals surface area contributed by atoms with Gasteiger partial charge in [0.15, 0.2) is 5.78 Å². The summed E-state index contributed by atoms with van der Waals surface area (Å²) >= 11 is 0. The number of benzene rings is 1. The molecule has 1 aromatic rings. The molecule has 0 atom stereocenters. The summed E-state index contributed by atoms with van der Waals surface area (Å²) in [6, 6.07) is 4.03. The normalized spacial score (nSPS) is 9.64. The van der Waals surface area contributed by atoms with Crippen molar-refractivity contribution in [2.24, 2.45) is 0 Å². The molecular weight excluding hydrogens is 187 g/mol. The number of hydrogen-bond acceptors (Lipinski definition) is 3. The topological polar surface area (TPSA) is 43.4 Å². The van der Waals surface area contributed by atoms with Crippen LogP contribution >= 0.6 is 0 Å². The molecule has 1 aromatic carbocycles. The number of carbonyl (C=O) groups is 2. The van der Waals surface area contributed by atoms with Crippen LogP contribution in [0.2, 0.25) is 0 Å². The maximum Gasteiger partial charge on any atom is 0.340 e. The van der Waals surface area contributed by atoms with Gasteiger partial charge in [-0.05, 0) is 19.1 Å². The number of Topliss-reactive ketones (excluding diaryl/α,β-unsaturated/α-hetero) is 1. The predicted octanol–water partition coefficient (Wildman–Crippen LogP) is 1.81. The zero-order valence-electron chi connectivity index (χ0n) is 7.83. The van der Waals surface area contributed by atoms with E-state index in [1.807, 2.05) is 0 Å². The van der Waals surface area contributed by atoms with E-state index in [-0.39, 0.29) is 11.1 Å². The standard InChI is InChI=1S/C10H9FO3/c1-6(12)7-4-3-5-8(9(7)11)10(13)14-2/h3-5H,1-2H3. The number of methoxy groups -OCH3 is 1. The van der Waals surface area contributed by atoms with E-state index in [0.29, 0.717) is 0 Å². The highest BCUT2D eigenvalue weighted by atomic mass is 19.1. The van der Waals surface area contributed by atoms with Crippen LogP contribution in [0.4, 0.5) is 4.39 Å². The van der Waals surface area contributed by atoms with Gasteiger partial charge in [0.05, 0.1) is 18.2 Å². The van der Waals surface area contributed by atoms with Crippen molar-refractivity contribution in [1.29, 1.82) is 0 Å². The van der Waals surface area contributed by atoms with Crippen LogP contribution in [0.25, 0.3) is 0 Å². The van der Waals surface area contributed by atoms with Crippen molar-refractivity contribution in [3.05, 3.63) is 35.1 Å². The summed E-state index contributed by atoms with van der Waals surface area (Å²) in [4.78, 5) is 22.0. The van der Waals surface area contributed by atoms with Crippen LogP contribution in [0.3, 0.4) is 0 Å². The Morgan fingerprint density at radius 1 is 1.29 bits per heavy atom. The highest BCUT2D eigenvalue weighted by Crippen LogP contribution is 2.14. The monoisotopic (exact) mass is 196 g/mol. The molecule has 0 saturated heterocycles. The number of carbonyl (C=O) groups excluding carboxylic acids is 2. The Kier molecular flexibility index (Phi) is 2.96. The number of rotatable bonds is 2. The van der Waals surface area contributed by atoms with Gasteiger partial charge in [0, 0.05) is 0 Å². The van der Waals surface area contributed by atoms with Gasteiger partial charge in [0.25, 0.3) is 0 Å². The maximum absolute atomic E-state index is 13.4. The molecule has 3 nitrogen and oxygen atoms in total. The highest BCUT2D eigenvalue weighted by Gasteiger charge is 2.16. The third kappa shape index (κ3) is 1.79. The second kappa shape index (κ2) is 4.00. The molecule has 0 aromatic heterocycles. The zero-order valence-corrected chi connectivity index (χ0v) is 7.83. The first kappa shape index (κ1) is 10.4. The second-order valence-electron chi connectivity index (χ2n) is 2.71. The van der Waals surface area contributed by atoms with E-state index in [4.69, 9.17) is 0 Å². The van der Waals surface area contributed by atoms with Crippen LogP contribution in [0.1, 0.15) is 27.6 Å². The summed E-state index contributed by atoms with van der Waals surface area (Å²) in [6.45, 7) is 1.24. The van der Waals surface area contributed by atoms with Crippen molar-refractivity contribution in [2.75, 3.05) is 7.11 Å². The molecule has 0 aliphatic heterocycles. The largest absolute Gasteiger partial charge is 0.465 e. The molecule has 0 radical (unpaired) electrons. The molecule has 0 bridgehead atoms. The molecule has 0 heterocycles. The maximum atomic E-state index is 13.4. The van der Waals surface area contributed by atoms with Crippen molar-refractivity contribution < 1.29 is 18.7 Å². The van der Waals surface area contributed by atoms with E-state index >= 15 is 0 Å². The summed E-state index contributed by atoms with van der Waals surface area (Å²) in [7, 11) is 1.15. The summed E-state index contributed by atoms with van der Waals surface area (Å²) < 4.78 is 17.8. The lowest BCUT2D eigenvalue weighted by atomic mass is 10.1. The van der Waals surface area contributed by atoms with Gasteiger partial charge in [0.1, 0.15) is 5.82 Å². The molecule has 4 heteroatoms. The van der Waals surface area contributed by atoms with Crippen LogP contribution < -0.4 is 0 Å². The molecule has 0 unspecified atom stereocenters. The molecule has 14 heavy (non-hydrogen) atoms. The molecule has 0 spiro atoms. The summed E-state index contributed by atoms with van der Waals surface area (Å²) in [6.07, 6.45) is 0. The Hall–Kier alpha value is -1.71. The number of esters is 1. The van der Waals surface area contributed by atoms with Crippen molar-refractivity contribution in [3.63, 3.8) is 0 Å². The lowest BCUT2D eigenvalue weighted by Crippen LogP contribution is -2.08. The Morgan fingerprint density at radius 3 is 2.36 bits per heavy atom. The molecule has 0 aliphatic carbocycles. The van der Waals surface area contributed by atoms with Crippen LogP contribution in [0.5, 0.6) is 0 Å². The Balaban J connectivity index is 3.27. The number of hydrogen-bond donors (Lipinski definition) is 0. The first-order chi connectivity index (χ1) is 6.57. The molecular formula is C10H9FO3. The van der Waals surface area contributed by atoms with Gasteiger partial charge in [-0.3, -0.25) is 4.79 Å². The van der Waals surface area contributed by atoms with E-state index in [2.05, 4.69) is 4.74 Å². The zero-order chi connectivity index (χ0) is 10.7. The minimum atomic E-state index is -0.827. The fraction of sp³-hybridized carbons (Fsp3) is 0.200. The SMILES string of the molecule is COC(=O)c1cccc(C(C)=O)c1F. The van der Waals surface area contributed by atoms with E-state index in [0.717, 1.165) is 7.11 Å². The fourth-order valence-corrected chi connectivity index (χ4v) is 1.07. The van der Waals surface area contributed by atoms with Gasteiger partial charge in [-0.1, -0.05) is 6.07 Å². The first-order valence-electron chi connectivity index (χ1n) is 3.95. The fourth-order valence-electron chi connectivity index (χ4n) is 1.07. The van der Waals surface area contributed by atoms with Gasteiger partial charge in [-0.25, -0.2) is 9.18 Å². The summed E-state index contributed by atoms with van der Waals surface area (Å²) in [5, 5.41) is 0. The molecule has 74 valence electrons. The smallest absolute Gasteiger partial charge is 0.340 e.